The molecule has 0 atom stereocenters. The predicted molar refractivity (Wildman–Crippen MR) is 71.9 cm³/mol. The van der Waals surface area contributed by atoms with Gasteiger partial charge >= 0.3 is 0 Å². The molecule has 1 aromatic heterocycles. The summed E-state index contributed by atoms with van der Waals surface area (Å²) in [6.45, 7) is 1.33. The van der Waals surface area contributed by atoms with E-state index in [-0.39, 0.29) is 6.29 Å². The summed E-state index contributed by atoms with van der Waals surface area (Å²) in [5.41, 5.74) is 2.20. The highest BCUT2D eigenvalue weighted by Gasteiger charge is 2.04. The molecular formula is C13H18N4O2. The van der Waals surface area contributed by atoms with Gasteiger partial charge in [0.1, 0.15) is 12.7 Å². The smallest absolute Gasteiger partial charge is 0.173 e. The second-order valence-electron chi connectivity index (χ2n) is 4.07. The molecule has 0 bridgehead atoms. The van der Waals surface area contributed by atoms with Gasteiger partial charge in [0.05, 0.1) is 13.1 Å². The predicted octanol–water partition coefficient (Wildman–Crippen LogP) is 1.36. The van der Waals surface area contributed by atoms with E-state index < -0.39 is 0 Å². The average Bonchev–Trinajstić information content (AvgIpc) is 2.95. The van der Waals surface area contributed by atoms with Gasteiger partial charge in [-0.3, -0.25) is 0 Å². The molecular weight excluding hydrogens is 244 g/mol. The van der Waals surface area contributed by atoms with E-state index in [1.807, 2.05) is 12.1 Å². The third kappa shape index (κ3) is 4.04. The minimum atomic E-state index is -0.241. The van der Waals surface area contributed by atoms with Crippen LogP contribution in [0.4, 0.5) is 5.69 Å². The van der Waals surface area contributed by atoms with Crippen molar-refractivity contribution in [2.24, 2.45) is 0 Å². The lowest BCUT2D eigenvalue weighted by Gasteiger charge is -2.15. The zero-order valence-electron chi connectivity index (χ0n) is 11.1. The minimum Gasteiger partial charge on any atom is -0.380 e. The van der Waals surface area contributed by atoms with E-state index in [0.29, 0.717) is 6.54 Å². The summed E-state index contributed by atoms with van der Waals surface area (Å²) in [7, 11) is 3.24. The molecule has 2 rings (SSSR count). The van der Waals surface area contributed by atoms with Crippen molar-refractivity contribution in [2.45, 2.75) is 12.8 Å². The minimum absolute atomic E-state index is 0.241. The summed E-state index contributed by atoms with van der Waals surface area (Å²) < 4.78 is 12.0. The third-order valence-electron chi connectivity index (χ3n) is 2.76. The first-order valence-corrected chi connectivity index (χ1v) is 6.02. The van der Waals surface area contributed by atoms with Crippen molar-refractivity contribution in [3.05, 3.63) is 42.5 Å². The van der Waals surface area contributed by atoms with E-state index in [1.165, 1.54) is 11.9 Å². The van der Waals surface area contributed by atoms with Crippen molar-refractivity contribution in [1.29, 1.82) is 0 Å². The number of nitrogens with zero attached hydrogens (tertiary/aromatic N) is 3. The van der Waals surface area contributed by atoms with Gasteiger partial charge in [-0.2, -0.15) is 5.10 Å². The van der Waals surface area contributed by atoms with Crippen molar-refractivity contribution in [2.75, 3.05) is 26.1 Å². The van der Waals surface area contributed by atoms with Gasteiger partial charge in [-0.25, -0.2) is 9.67 Å². The van der Waals surface area contributed by atoms with E-state index in [0.717, 1.165) is 12.2 Å². The van der Waals surface area contributed by atoms with Crippen LogP contribution in [0.25, 0.3) is 0 Å². The first-order chi connectivity index (χ1) is 9.31. The molecule has 0 spiro atoms. The molecule has 1 aromatic carbocycles. The highest BCUT2D eigenvalue weighted by atomic mass is 16.7. The molecule has 0 unspecified atom stereocenters. The van der Waals surface area contributed by atoms with Crippen LogP contribution in [-0.2, 0) is 16.0 Å². The molecule has 6 heteroatoms. The van der Waals surface area contributed by atoms with Crippen molar-refractivity contribution in [1.82, 2.24) is 14.8 Å². The van der Waals surface area contributed by atoms with Crippen LogP contribution < -0.4 is 5.32 Å². The Bertz CT molecular complexity index is 466. The fourth-order valence-corrected chi connectivity index (χ4v) is 1.69. The zero-order chi connectivity index (χ0) is 13.5. The van der Waals surface area contributed by atoms with Crippen LogP contribution in [-0.4, -0.2) is 41.8 Å². The third-order valence-corrected chi connectivity index (χ3v) is 2.76. The summed E-state index contributed by atoms with van der Waals surface area (Å²) in [5, 5.41) is 7.32. The molecule has 19 heavy (non-hydrogen) atoms. The highest BCUT2D eigenvalue weighted by Crippen LogP contribution is 2.10. The standard InChI is InChI=1S/C13H18N4O2/c1-18-13(19-2)7-15-12-5-3-11(4-6-12)8-17-10-14-9-16-17/h3-6,9-10,13,15H,7-8H2,1-2H3. The van der Waals surface area contributed by atoms with Crippen LogP contribution in [0.1, 0.15) is 5.56 Å². The number of hydrogen-bond donors (Lipinski definition) is 1. The molecule has 0 amide bonds. The SMILES string of the molecule is COC(CNc1ccc(Cn2cncn2)cc1)OC. The Morgan fingerprint density at radius 3 is 2.53 bits per heavy atom. The summed E-state index contributed by atoms with van der Waals surface area (Å²) in [4.78, 5) is 3.92. The van der Waals surface area contributed by atoms with Crippen LogP contribution in [0.15, 0.2) is 36.9 Å². The van der Waals surface area contributed by atoms with Gasteiger partial charge in [-0.05, 0) is 17.7 Å². The van der Waals surface area contributed by atoms with Gasteiger partial charge in [-0.15, -0.1) is 0 Å². The molecule has 0 saturated carbocycles. The number of rotatable bonds is 7. The van der Waals surface area contributed by atoms with E-state index in [2.05, 4.69) is 27.5 Å². The number of benzene rings is 1. The molecule has 0 radical (unpaired) electrons. The Hall–Kier alpha value is -1.92. The molecule has 0 aliphatic carbocycles. The fourth-order valence-electron chi connectivity index (χ4n) is 1.69. The van der Waals surface area contributed by atoms with Crippen LogP contribution >= 0.6 is 0 Å². The van der Waals surface area contributed by atoms with Gasteiger partial charge in [0, 0.05) is 19.9 Å². The summed E-state index contributed by atoms with van der Waals surface area (Å²) >= 11 is 0. The largest absolute Gasteiger partial charge is 0.380 e. The monoisotopic (exact) mass is 262 g/mol. The molecule has 0 saturated heterocycles. The zero-order valence-corrected chi connectivity index (χ0v) is 11.1. The Morgan fingerprint density at radius 1 is 1.21 bits per heavy atom. The number of hydrogen-bond acceptors (Lipinski definition) is 5. The van der Waals surface area contributed by atoms with E-state index in [9.17, 15) is 0 Å². The van der Waals surface area contributed by atoms with Crippen molar-refractivity contribution < 1.29 is 9.47 Å². The van der Waals surface area contributed by atoms with Crippen molar-refractivity contribution >= 4 is 5.69 Å². The number of nitrogens with one attached hydrogen (secondary N) is 1. The van der Waals surface area contributed by atoms with E-state index in [4.69, 9.17) is 9.47 Å². The Morgan fingerprint density at radius 2 is 1.95 bits per heavy atom. The van der Waals surface area contributed by atoms with Gasteiger partial charge in [0.25, 0.3) is 0 Å². The maximum absolute atomic E-state index is 5.11. The molecule has 1 heterocycles. The number of ether oxygens (including phenoxy) is 2. The highest BCUT2D eigenvalue weighted by molar-refractivity contribution is 5.44. The van der Waals surface area contributed by atoms with Gasteiger partial charge in [-0.1, -0.05) is 12.1 Å². The number of aromatic nitrogens is 3. The molecule has 6 nitrogen and oxygen atoms in total. The molecule has 1 N–H and O–H groups in total. The second kappa shape index (κ2) is 6.86. The normalized spacial score (nSPS) is 10.9. The van der Waals surface area contributed by atoms with Gasteiger partial charge in [0.2, 0.25) is 0 Å². The molecule has 0 fully saturated rings. The van der Waals surface area contributed by atoms with Gasteiger partial charge < -0.3 is 14.8 Å². The molecule has 0 aliphatic rings. The Kier molecular flexibility index (Phi) is 4.88. The first kappa shape index (κ1) is 13.5. The van der Waals surface area contributed by atoms with Crippen LogP contribution in [0.2, 0.25) is 0 Å². The summed E-state index contributed by atoms with van der Waals surface area (Å²) in [6, 6.07) is 8.15. The first-order valence-electron chi connectivity index (χ1n) is 6.02. The number of anilines is 1. The summed E-state index contributed by atoms with van der Waals surface area (Å²) in [5.74, 6) is 0. The molecule has 0 aliphatic heterocycles. The quantitative estimate of drug-likeness (QED) is 0.763. The lowest BCUT2D eigenvalue weighted by molar-refractivity contribution is -0.0914. The second-order valence-corrected chi connectivity index (χ2v) is 4.07. The Balaban J connectivity index is 1.87. The average molecular weight is 262 g/mol. The van der Waals surface area contributed by atoms with Crippen LogP contribution in [0.5, 0.6) is 0 Å². The molecule has 2 aromatic rings. The maximum Gasteiger partial charge on any atom is 0.173 e. The van der Waals surface area contributed by atoms with Crippen molar-refractivity contribution in [3.8, 4) is 0 Å². The lowest BCUT2D eigenvalue weighted by atomic mass is 10.2. The maximum atomic E-state index is 5.11. The topological polar surface area (TPSA) is 61.2 Å². The molecule has 102 valence electrons. The van der Waals surface area contributed by atoms with Gasteiger partial charge in [0.15, 0.2) is 6.29 Å². The van der Waals surface area contributed by atoms with Crippen LogP contribution in [0.3, 0.4) is 0 Å². The fraction of sp³-hybridized carbons (Fsp3) is 0.385. The van der Waals surface area contributed by atoms with E-state index in [1.54, 1.807) is 25.2 Å². The lowest BCUT2D eigenvalue weighted by Crippen LogP contribution is -2.23. The van der Waals surface area contributed by atoms with E-state index >= 15 is 0 Å². The summed E-state index contributed by atoms with van der Waals surface area (Å²) in [6.07, 6.45) is 2.99. The number of methoxy groups -OCH3 is 2. The Labute approximate surface area is 112 Å². The van der Waals surface area contributed by atoms with Crippen molar-refractivity contribution in [3.63, 3.8) is 0 Å². The van der Waals surface area contributed by atoms with Crippen LogP contribution in [0, 0.1) is 0 Å².